The Hall–Kier alpha value is -1.06. The molecule has 0 amide bonds. The summed E-state index contributed by atoms with van der Waals surface area (Å²) < 4.78 is 5.68. The fourth-order valence-corrected chi connectivity index (χ4v) is 2.28. The minimum Gasteiger partial charge on any atom is -0.491 e. The fraction of sp³-hybridized carbons (Fsp3) is 0.571. The monoisotopic (exact) mass is 235 g/mol. The predicted octanol–water partition coefficient (Wildman–Crippen LogP) is 2.39. The molecule has 1 aromatic carbocycles. The van der Waals surface area contributed by atoms with E-state index in [1.807, 2.05) is 31.2 Å². The van der Waals surface area contributed by atoms with E-state index in [1.54, 1.807) is 0 Å². The van der Waals surface area contributed by atoms with Crippen molar-refractivity contribution < 1.29 is 9.84 Å². The number of ether oxygens (including phenoxy) is 1. The molecule has 0 aliphatic heterocycles. The highest BCUT2D eigenvalue weighted by Crippen LogP contribution is 2.30. The standard InChI is InChI=1S/C14H21NO2/c1-11(15)12-5-4-6-13(9-12)17-10-14(16)7-2-3-8-14/h4-6,9,11,16H,2-3,7-8,10,15H2,1H3/t11-/m0/s1. The first kappa shape index (κ1) is 12.4. The van der Waals surface area contributed by atoms with Crippen LogP contribution in [0.1, 0.15) is 44.2 Å². The number of hydrogen-bond acceptors (Lipinski definition) is 3. The van der Waals surface area contributed by atoms with Gasteiger partial charge in [0.25, 0.3) is 0 Å². The summed E-state index contributed by atoms with van der Waals surface area (Å²) in [6, 6.07) is 7.79. The van der Waals surface area contributed by atoms with Crippen LogP contribution in [0.15, 0.2) is 24.3 Å². The lowest BCUT2D eigenvalue weighted by atomic mass is 10.0. The molecule has 3 N–H and O–H groups in total. The molecular formula is C14H21NO2. The lowest BCUT2D eigenvalue weighted by molar-refractivity contribution is 0.00138. The van der Waals surface area contributed by atoms with Gasteiger partial charge < -0.3 is 15.6 Å². The first-order valence-electron chi connectivity index (χ1n) is 6.30. The highest BCUT2D eigenvalue weighted by Gasteiger charge is 2.31. The van der Waals surface area contributed by atoms with Crippen molar-refractivity contribution in [1.29, 1.82) is 0 Å². The summed E-state index contributed by atoms with van der Waals surface area (Å²) in [6.45, 7) is 2.33. The van der Waals surface area contributed by atoms with Gasteiger partial charge in [-0.2, -0.15) is 0 Å². The van der Waals surface area contributed by atoms with Crippen molar-refractivity contribution in [3.63, 3.8) is 0 Å². The summed E-state index contributed by atoms with van der Waals surface area (Å²) in [7, 11) is 0. The average molecular weight is 235 g/mol. The van der Waals surface area contributed by atoms with Crippen LogP contribution in [-0.4, -0.2) is 17.3 Å². The van der Waals surface area contributed by atoms with E-state index < -0.39 is 5.60 Å². The number of benzene rings is 1. The van der Waals surface area contributed by atoms with E-state index in [1.165, 1.54) is 0 Å². The van der Waals surface area contributed by atoms with Gasteiger partial charge in [-0.1, -0.05) is 25.0 Å². The summed E-state index contributed by atoms with van der Waals surface area (Å²) in [6.07, 6.45) is 3.89. The lowest BCUT2D eigenvalue weighted by Crippen LogP contribution is -2.32. The second-order valence-electron chi connectivity index (χ2n) is 5.08. The summed E-state index contributed by atoms with van der Waals surface area (Å²) in [5.74, 6) is 0.792. The molecule has 3 nitrogen and oxygen atoms in total. The normalized spacial score (nSPS) is 20.2. The van der Waals surface area contributed by atoms with Crippen LogP contribution in [0.3, 0.4) is 0 Å². The van der Waals surface area contributed by atoms with E-state index in [-0.39, 0.29) is 6.04 Å². The lowest BCUT2D eigenvalue weighted by Gasteiger charge is -2.22. The van der Waals surface area contributed by atoms with E-state index in [0.29, 0.717) is 6.61 Å². The highest BCUT2D eigenvalue weighted by atomic mass is 16.5. The van der Waals surface area contributed by atoms with Crippen LogP contribution in [0.4, 0.5) is 0 Å². The van der Waals surface area contributed by atoms with Crippen LogP contribution in [0.25, 0.3) is 0 Å². The molecule has 17 heavy (non-hydrogen) atoms. The van der Waals surface area contributed by atoms with Gasteiger partial charge in [0.1, 0.15) is 12.4 Å². The number of rotatable bonds is 4. The molecule has 0 spiro atoms. The van der Waals surface area contributed by atoms with Crippen LogP contribution in [0, 0.1) is 0 Å². The zero-order chi connectivity index (χ0) is 12.3. The van der Waals surface area contributed by atoms with Gasteiger partial charge >= 0.3 is 0 Å². The molecule has 0 saturated heterocycles. The van der Waals surface area contributed by atoms with E-state index in [0.717, 1.165) is 37.0 Å². The van der Waals surface area contributed by atoms with Crippen molar-refractivity contribution in [3.05, 3.63) is 29.8 Å². The maximum Gasteiger partial charge on any atom is 0.119 e. The maximum absolute atomic E-state index is 10.2. The first-order chi connectivity index (χ1) is 8.09. The third-order valence-corrected chi connectivity index (χ3v) is 3.43. The summed E-state index contributed by atoms with van der Waals surface area (Å²) in [5, 5.41) is 10.2. The third-order valence-electron chi connectivity index (χ3n) is 3.43. The largest absolute Gasteiger partial charge is 0.491 e. The van der Waals surface area contributed by atoms with E-state index in [4.69, 9.17) is 10.5 Å². The zero-order valence-corrected chi connectivity index (χ0v) is 10.4. The molecule has 2 rings (SSSR count). The molecule has 1 aromatic rings. The van der Waals surface area contributed by atoms with Gasteiger partial charge in [-0.3, -0.25) is 0 Å². The number of aliphatic hydroxyl groups is 1. The summed E-state index contributed by atoms with van der Waals surface area (Å²) in [5.41, 5.74) is 6.26. The highest BCUT2D eigenvalue weighted by molar-refractivity contribution is 5.30. The third kappa shape index (κ3) is 3.20. The summed E-state index contributed by atoms with van der Waals surface area (Å²) in [4.78, 5) is 0. The van der Waals surface area contributed by atoms with Crippen LogP contribution < -0.4 is 10.5 Å². The van der Waals surface area contributed by atoms with Gasteiger partial charge in [0, 0.05) is 6.04 Å². The molecule has 94 valence electrons. The number of nitrogens with two attached hydrogens (primary N) is 1. The molecule has 1 aliphatic carbocycles. The Balaban J connectivity index is 1.96. The second-order valence-corrected chi connectivity index (χ2v) is 5.08. The Morgan fingerprint density at radius 3 is 2.76 bits per heavy atom. The van der Waals surface area contributed by atoms with E-state index in [2.05, 4.69) is 0 Å². The van der Waals surface area contributed by atoms with Gasteiger partial charge in [-0.25, -0.2) is 0 Å². The molecule has 1 atom stereocenters. The van der Waals surface area contributed by atoms with Crippen molar-refractivity contribution in [2.24, 2.45) is 5.73 Å². The van der Waals surface area contributed by atoms with Crippen molar-refractivity contribution >= 4 is 0 Å². The Morgan fingerprint density at radius 2 is 2.12 bits per heavy atom. The molecule has 0 aromatic heterocycles. The maximum atomic E-state index is 10.2. The van der Waals surface area contributed by atoms with E-state index in [9.17, 15) is 5.11 Å². The summed E-state index contributed by atoms with van der Waals surface area (Å²) >= 11 is 0. The predicted molar refractivity (Wildman–Crippen MR) is 68.0 cm³/mol. The van der Waals surface area contributed by atoms with Crippen LogP contribution in [0.5, 0.6) is 5.75 Å². The molecule has 1 fully saturated rings. The van der Waals surface area contributed by atoms with Crippen molar-refractivity contribution in [1.82, 2.24) is 0 Å². The van der Waals surface area contributed by atoms with Crippen LogP contribution in [0.2, 0.25) is 0 Å². The Morgan fingerprint density at radius 1 is 1.41 bits per heavy atom. The van der Waals surface area contributed by atoms with Gasteiger partial charge in [-0.05, 0) is 37.5 Å². The topological polar surface area (TPSA) is 55.5 Å². The van der Waals surface area contributed by atoms with Gasteiger partial charge in [-0.15, -0.1) is 0 Å². The van der Waals surface area contributed by atoms with Gasteiger partial charge in [0.05, 0.1) is 5.60 Å². The zero-order valence-electron chi connectivity index (χ0n) is 10.4. The second kappa shape index (κ2) is 5.07. The molecule has 0 heterocycles. The Labute approximate surface area is 103 Å². The van der Waals surface area contributed by atoms with Gasteiger partial charge in [0.15, 0.2) is 0 Å². The minimum atomic E-state index is -0.621. The Kier molecular flexibility index (Phi) is 3.69. The molecule has 0 bridgehead atoms. The van der Waals surface area contributed by atoms with Crippen LogP contribution >= 0.6 is 0 Å². The van der Waals surface area contributed by atoms with Crippen molar-refractivity contribution in [2.75, 3.05) is 6.61 Å². The molecular weight excluding hydrogens is 214 g/mol. The fourth-order valence-electron chi connectivity index (χ4n) is 2.28. The van der Waals surface area contributed by atoms with Crippen molar-refractivity contribution in [3.8, 4) is 5.75 Å². The first-order valence-corrected chi connectivity index (χ1v) is 6.30. The van der Waals surface area contributed by atoms with E-state index >= 15 is 0 Å². The molecule has 3 heteroatoms. The smallest absolute Gasteiger partial charge is 0.119 e. The SMILES string of the molecule is C[C@H](N)c1cccc(OCC2(O)CCCC2)c1. The quantitative estimate of drug-likeness (QED) is 0.842. The van der Waals surface area contributed by atoms with Gasteiger partial charge in [0.2, 0.25) is 0 Å². The molecule has 1 saturated carbocycles. The molecule has 0 unspecified atom stereocenters. The molecule has 0 radical (unpaired) electrons. The van der Waals surface area contributed by atoms with Crippen molar-refractivity contribution in [2.45, 2.75) is 44.2 Å². The number of hydrogen-bond donors (Lipinski definition) is 2. The average Bonchev–Trinajstić information content (AvgIpc) is 2.75. The Bertz CT molecular complexity index is 370. The van der Waals surface area contributed by atoms with Crippen LogP contribution in [-0.2, 0) is 0 Å². The molecule has 1 aliphatic rings. The minimum absolute atomic E-state index is 0.00752.